The van der Waals surface area contributed by atoms with Gasteiger partial charge in [-0.15, -0.1) is 0 Å². The zero-order valence-corrected chi connectivity index (χ0v) is 10.7. The molecule has 0 bridgehead atoms. The average molecular weight is 222 g/mol. The molecule has 0 aliphatic heterocycles. The molecule has 17 heavy (non-hydrogen) atoms. The molecule has 0 heterocycles. The summed E-state index contributed by atoms with van der Waals surface area (Å²) >= 11 is 0. The van der Waals surface area contributed by atoms with Crippen LogP contribution in [0.2, 0.25) is 10.4 Å². The lowest BCUT2D eigenvalue weighted by Gasteiger charge is -2.63. The fourth-order valence-electron chi connectivity index (χ4n) is 3.74. The number of rotatable bonds is 0. The van der Waals surface area contributed by atoms with Gasteiger partial charge in [-0.2, -0.15) is 0 Å². The molecule has 1 nitrogen and oxygen atoms in total. The van der Waals surface area contributed by atoms with Crippen molar-refractivity contribution in [1.29, 1.82) is 0 Å². The van der Waals surface area contributed by atoms with Crippen molar-refractivity contribution >= 4 is 31.4 Å². The van der Waals surface area contributed by atoms with Crippen molar-refractivity contribution in [3.05, 3.63) is 0 Å². The Morgan fingerprint density at radius 1 is 0.824 bits per heavy atom. The van der Waals surface area contributed by atoms with E-state index in [2.05, 4.69) is 0 Å². The first-order valence-corrected chi connectivity index (χ1v) is 6.50. The Balaban J connectivity index is 2.32. The maximum atomic E-state index is 10.4. The molecular weight excluding hydrogens is 203 g/mol. The summed E-state index contributed by atoms with van der Waals surface area (Å²) < 4.78 is 0. The van der Waals surface area contributed by atoms with Crippen molar-refractivity contribution in [2.75, 3.05) is 0 Å². The fourth-order valence-corrected chi connectivity index (χ4v) is 3.74. The number of hydrogen-bond acceptors (Lipinski definition) is 1. The molecule has 1 N–H and O–H groups in total. The highest BCUT2D eigenvalue weighted by Gasteiger charge is 2.57. The van der Waals surface area contributed by atoms with E-state index in [1.807, 2.05) is 0 Å². The lowest BCUT2D eigenvalue weighted by molar-refractivity contribution is -0.0559. The van der Waals surface area contributed by atoms with Crippen LogP contribution in [0.15, 0.2) is 0 Å². The van der Waals surface area contributed by atoms with Crippen LogP contribution >= 0.6 is 0 Å². The van der Waals surface area contributed by atoms with Gasteiger partial charge in [0.15, 0.2) is 0 Å². The smallest absolute Gasteiger partial charge is 0.0658 e. The molecule has 5 heteroatoms. The van der Waals surface area contributed by atoms with Gasteiger partial charge in [-0.3, -0.25) is 0 Å². The Morgan fingerprint density at radius 2 is 1.24 bits per heavy atom. The van der Waals surface area contributed by atoms with E-state index in [-0.39, 0.29) is 5.41 Å². The zero-order valence-electron chi connectivity index (χ0n) is 10.7. The van der Waals surface area contributed by atoms with Crippen LogP contribution in [0.1, 0.15) is 51.9 Å². The molecule has 0 saturated heterocycles. The van der Waals surface area contributed by atoms with Crippen molar-refractivity contribution < 1.29 is 5.11 Å². The minimum Gasteiger partial charge on any atom is -0.392 e. The van der Waals surface area contributed by atoms with Gasteiger partial charge in [0, 0.05) is 5.60 Å². The van der Waals surface area contributed by atoms with Crippen LogP contribution < -0.4 is 0 Å². The quantitative estimate of drug-likeness (QED) is 0.613. The maximum Gasteiger partial charge on any atom is 0.0658 e. The SMILES string of the molecule is [B]C1([B])CC2(CCCCC2)CC([B])([B])C1(C)O. The summed E-state index contributed by atoms with van der Waals surface area (Å²) in [5.41, 5.74) is -1.42. The predicted molar refractivity (Wildman–Crippen MR) is 73.8 cm³/mol. The van der Waals surface area contributed by atoms with E-state index in [0.717, 1.165) is 12.8 Å². The molecule has 84 valence electrons. The fraction of sp³-hybridized carbons (Fsp3) is 1.00. The van der Waals surface area contributed by atoms with Gasteiger partial charge in [0.1, 0.15) is 0 Å². The molecule has 0 amide bonds. The largest absolute Gasteiger partial charge is 0.392 e. The van der Waals surface area contributed by atoms with Crippen LogP contribution in [0.25, 0.3) is 0 Å². The van der Waals surface area contributed by atoms with Crippen molar-refractivity contribution in [2.24, 2.45) is 5.41 Å². The van der Waals surface area contributed by atoms with E-state index in [0.29, 0.717) is 12.8 Å². The standard InChI is InChI=1S/C12H18B4O/c1-9(17)11(13,14)7-10(8-12(9,15)16)5-3-2-4-6-10/h17H,2-8H2,1H3. The van der Waals surface area contributed by atoms with Gasteiger partial charge in [0.05, 0.1) is 31.4 Å². The summed E-state index contributed by atoms with van der Waals surface area (Å²) in [5, 5.41) is 8.01. The van der Waals surface area contributed by atoms with E-state index < -0.39 is 16.0 Å². The minimum atomic E-state index is -1.44. The maximum absolute atomic E-state index is 10.4. The Kier molecular flexibility index (Phi) is 3.09. The average Bonchev–Trinajstić information content (AvgIpc) is 2.14. The molecule has 0 unspecified atom stereocenters. The monoisotopic (exact) mass is 222 g/mol. The molecule has 2 rings (SSSR count). The third kappa shape index (κ3) is 2.03. The first-order chi connectivity index (χ1) is 7.62. The van der Waals surface area contributed by atoms with Gasteiger partial charge in [0.25, 0.3) is 0 Å². The van der Waals surface area contributed by atoms with Crippen LogP contribution in [0.4, 0.5) is 0 Å². The highest BCUT2D eigenvalue weighted by molar-refractivity contribution is 6.46. The zero-order chi connectivity index (χ0) is 12.9. The molecule has 1 spiro atoms. The van der Waals surface area contributed by atoms with Crippen LogP contribution in [-0.2, 0) is 0 Å². The minimum absolute atomic E-state index is 0.0213. The Labute approximate surface area is 110 Å². The van der Waals surface area contributed by atoms with Crippen molar-refractivity contribution in [3.63, 3.8) is 0 Å². The molecule has 2 aliphatic carbocycles. The molecule has 0 aromatic rings. The molecule has 8 radical (unpaired) electrons. The van der Waals surface area contributed by atoms with E-state index in [1.54, 1.807) is 6.92 Å². The normalized spacial score (nSPS) is 33.3. The summed E-state index contributed by atoms with van der Waals surface area (Å²) in [6.07, 6.45) is 6.93. The highest BCUT2D eigenvalue weighted by Crippen LogP contribution is 2.65. The second-order valence-electron chi connectivity index (χ2n) is 6.57. The van der Waals surface area contributed by atoms with Crippen LogP contribution in [0.5, 0.6) is 0 Å². The summed E-state index contributed by atoms with van der Waals surface area (Å²) in [6, 6.07) is 0. The lowest BCUT2D eigenvalue weighted by Crippen LogP contribution is -2.59. The Hall–Kier alpha value is 0.220. The Morgan fingerprint density at radius 3 is 1.65 bits per heavy atom. The molecule has 2 fully saturated rings. The van der Waals surface area contributed by atoms with Gasteiger partial charge in [-0.25, -0.2) is 0 Å². The van der Waals surface area contributed by atoms with Crippen LogP contribution in [0, 0.1) is 5.41 Å². The summed E-state index contributed by atoms with van der Waals surface area (Å²) in [7, 11) is 24.4. The molecule has 0 atom stereocenters. The topological polar surface area (TPSA) is 20.2 Å². The molecule has 2 aliphatic rings. The van der Waals surface area contributed by atoms with Gasteiger partial charge in [0.2, 0.25) is 0 Å². The summed E-state index contributed by atoms with van der Waals surface area (Å²) in [5.74, 6) is 0. The first kappa shape index (κ1) is 13.6. The van der Waals surface area contributed by atoms with Gasteiger partial charge in [-0.05, 0) is 25.2 Å². The summed E-state index contributed by atoms with van der Waals surface area (Å²) in [6.45, 7) is 1.56. The molecule has 2 saturated carbocycles. The van der Waals surface area contributed by atoms with Crippen LogP contribution in [-0.4, -0.2) is 42.1 Å². The van der Waals surface area contributed by atoms with Gasteiger partial charge < -0.3 is 5.11 Å². The summed E-state index contributed by atoms with van der Waals surface area (Å²) in [4.78, 5) is 0. The van der Waals surface area contributed by atoms with Crippen molar-refractivity contribution in [1.82, 2.24) is 0 Å². The van der Waals surface area contributed by atoms with E-state index in [4.69, 9.17) is 31.4 Å². The van der Waals surface area contributed by atoms with Crippen molar-refractivity contribution in [2.45, 2.75) is 67.9 Å². The Bertz CT molecular complexity index is 284. The molecule has 0 aromatic heterocycles. The number of hydrogen-bond donors (Lipinski definition) is 1. The molecule has 0 aromatic carbocycles. The first-order valence-electron chi connectivity index (χ1n) is 6.50. The molecular formula is C12H18B4O. The third-order valence-corrected chi connectivity index (χ3v) is 5.06. The van der Waals surface area contributed by atoms with Crippen molar-refractivity contribution in [3.8, 4) is 0 Å². The van der Waals surface area contributed by atoms with Crippen LogP contribution in [0.3, 0.4) is 0 Å². The second kappa shape index (κ2) is 3.85. The number of aliphatic hydroxyl groups is 1. The van der Waals surface area contributed by atoms with Gasteiger partial charge >= 0.3 is 0 Å². The van der Waals surface area contributed by atoms with E-state index in [9.17, 15) is 5.11 Å². The van der Waals surface area contributed by atoms with E-state index in [1.165, 1.54) is 19.3 Å². The van der Waals surface area contributed by atoms with E-state index >= 15 is 0 Å². The highest BCUT2D eigenvalue weighted by atomic mass is 16.3. The third-order valence-electron chi connectivity index (χ3n) is 5.06. The predicted octanol–water partition coefficient (Wildman–Crippen LogP) is 1.39. The lowest BCUT2D eigenvalue weighted by atomic mass is 9.25. The van der Waals surface area contributed by atoms with Gasteiger partial charge in [-0.1, -0.05) is 42.5 Å². The second-order valence-corrected chi connectivity index (χ2v) is 6.57.